The Balaban J connectivity index is 1.77. The normalized spacial score (nSPS) is 18.3. The Hall–Kier alpha value is -1.44. The fourth-order valence-corrected chi connectivity index (χ4v) is 3.06. The second kappa shape index (κ2) is 7.71. The lowest BCUT2D eigenvalue weighted by Gasteiger charge is -2.10. The zero-order valence-corrected chi connectivity index (χ0v) is 13.5. The molecule has 1 amide bonds. The van der Waals surface area contributed by atoms with Gasteiger partial charge in [0.05, 0.1) is 11.0 Å². The van der Waals surface area contributed by atoms with Crippen LogP contribution in [0.4, 0.5) is 0 Å². The third-order valence-electron chi connectivity index (χ3n) is 3.69. The molecule has 1 heterocycles. The van der Waals surface area contributed by atoms with E-state index in [0.29, 0.717) is 19.4 Å². The van der Waals surface area contributed by atoms with Crippen molar-refractivity contribution >= 4 is 15.9 Å². The Morgan fingerprint density at radius 2 is 2.05 bits per heavy atom. The van der Waals surface area contributed by atoms with Crippen molar-refractivity contribution in [2.45, 2.75) is 36.7 Å². The lowest BCUT2D eigenvalue weighted by atomic mass is 10.1. The first-order valence-electron chi connectivity index (χ1n) is 7.42. The van der Waals surface area contributed by atoms with Crippen molar-refractivity contribution in [3.05, 3.63) is 29.8 Å². The molecule has 7 heteroatoms. The second-order valence-electron chi connectivity index (χ2n) is 5.29. The summed E-state index contributed by atoms with van der Waals surface area (Å²) in [6, 6.07) is 6.56. The Morgan fingerprint density at radius 1 is 1.32 bits per heavy atom. The van der Waals surface area contributed by atoms with E-state index in [0.717, 1.165) is 25.0 Å². The molecule has 0 aromatic heterocycles. The van der Waals surface area contributed by atoms with E-state index < -0.39 is 10.0 Å². The zero-order chi connectivity index (χ0) is 16.0. The topological polar surface area (TPSA) is 84.5 Å². The quantitative estimate of drug-likeness (QED) is 0.777. The molecule has 1 aliphatic rings. The number of hydrogen-bond donors (Lipinski definition) is 2. The molecule has 0 spiro atoms. The second-order valence-corrected chi connectivity index (χ2v) is 7.18. The van der Waals surface area contributed by atoms with Crippen molar-refractivity contribution in [3.8, 4) is 0 Å². The largest absolute Gasteiger partial charge is 0.376 e. The van der Waals surface area contributed by atoms with Crippen LogP contribution < -0.4 is 10.0 Å². The molecule has 1 fully saturated rings. The summed E-state index contributed by atoms with van der Waals surface area (Å²) in [6.45, 7) is 1.35. The molecule has 22 heavy (non-hydrogen) atoms. The smallest absolute Gasteiger partial charge is 0.240 e. The number of benzene rings is 1. The average Bonchev–Trinajstić information content (AvgIpc) is 3.05. The highest BCUT2D eigenvalue weighted by molar-refractivity contribution is 7.89. The van der Waals surface area contributed by atoms with Crippen LogP contribution in [0.5, 0.6) is 0 Å². The zero-order valence-electron chi connectivity index (χ0n) is 12.7. The molecule has 1 saturated heterocycles. The summed E-state index contributed by atoms with van der Waals surface area (Å²) in [6.07, 6.45) is 3.17. The summed E-state index contributed by atoms with van der Waals surface area (Å²) >= 11 is 0. The van der Waals surface area contributed by atoms with Crippen molar-refractivity contribution < 1.29 is 17.9 Å². The molecular formula is C15H22N2O4S. The van der Waals surface area contributed by atoms with Gasteiger partial charge in [0.25, 0.3) is 0 Å². The number of carbonyl (C=O) groups is 1. The number of aryl methyl sites for hydroxylation is 1. The summed E-state index contributed by atoms with van der Waals surface area (Å²) in [5, 5.41) is 2.87. The lowest BCUT2D eigenvalue weighted by molar-refractivity contribution is -0.121. The third-order valence-corrected chi connectivity index (χ3v) is 5.12. The average molecular weight is 326 g/mol. The highest BCUT2D eigenvalue weighted by Crippen LogP contribution is 2.12. The molecule has 1 aromatic rings. The monoisotopic (exact) mass is 326 g/mol. The minimum absolute atomic E-state index is 0.0116. The summed E-state index contributed by atoms with van der Waals surface area (Å²) in [4.78, 5) is 12.0. The third kappa shape index (κ3) is 4.79. The molecule has 0 unspecified atom stereocenters. The van der Waals surface area contributed by atoms with E-state index in [1.807, 2.05) is 0 Å². The molecule has 1 aliphatic heterocycles. The van der Waals surface area contributed by atoms with Crippen LogP contribution in [-0.4, -0.2) is 40.6 Å². The standard InChI is InChI=1S/C15H22N2O4S/c1-16-22(19,20)14-7-4-12(5-8-14)6-9-15(18)17-11-13-3-2-10-21-13/h4-5,7-8,13,16H,2-3,6,9-11H2,1H3,(H,17,18)/t13-/m1/s1. The maximum atomic E-state index is 11.8. The molecule has 0 radical (unpaired) electrons. The number of hydrogen-bond acceptors (Lipinski definition) is 4. The Labute approximate surface area is 131 Å². The molecule has 2 rings (SSSR count). The SMILES string of the molecule is CNS(=O)(=O)c1ccc(CCC(=O)NC[C@H]2CCCO2)cc1. The minimum atomic E-state index is -3.41. The van der Waals surface area contributed by atoms with Gasteiger partial charge in [-0.2, -0.15) is 0 Å². The van der Waals surface area contributed by atoms with Gasteiger partial charge < -0.3 is 10.1 Å². The van der Waals surface area contributed by atoms with Crippen LogP contribution in [0, 0.1) is 0 Å². The van der Waals surface area contributed by atoms with Gasteiger partial charge in [-0.3, -0.25) is 4.79 Å². The first kappa shape index (κ1) is 16.9. The van der Waals surface area contributed by atoms with Crippen LogP contribution in [0.2, 0.25) is 0 Å². The van der Waals surface area contributed by atoms with Crippen molar-refractivity contribution in [2.75, 3.05) is 20.2 Å². The maximum Gasteiger partial charge on any atom is 0.240 e. The molecule has 1 atom stereocenters. The molecule has 2 N–H and O–H groups in total. The van der Waals surface area contributed by atoms with Gasteiger partial charge in [-0.1, -0.05) is 12.1 Å². The fraction of sp³-hybridized carbons (Fsp3) is 0.533. The van der Waals surface area contributed by atoms with Gasteiger partial charge in [0.15, 0.2) is 0 Å². The van der Waals surface area contributed by atoms with Crippen molar-refractivity contribution in [1.29, 1.82) is 0 Å². The molecule has 0 saturated carbocycles. The van der Waals surface area contributed by atoms with Crippen LogP contribution in [0.3, 0.4) is 0 Å². The van der Waals surface area contributed by atoms with E-state index in [2.05, 4.69) is 10.0 Å². The van der Waals surface area contributed by atoms with E-state index in [-0.39, 0.29) is 16.9 Å². The summed E-state index contributed by atoms with van der Waals surface area (Å²) < 4.78 is 30.9. The Bertz CT molecular complexity index is 592. The number of carbonyl (C=O) groups excluding carboxylic acids is 1. The summed E-state index contributed by atoms with van der Waals surface area (Å²) in [5.41, 5.74) is 0.933. The molecule has 0 bridgehead atoms. The number of nitrogens with one attached hydrogen (secondary N) is 2. The van der Waals surface area contributed by atoms with E-state index in [1.54, 1.807) is 24.3 Å². The van der Waals surface area contributed by atoms with Crippen LogP contribution in [0.1, 0.15) is 24.8 Å². The van der Waals surface area contributed by atoms with Gasteiger partial charge in [-0.05, 0) is 44.0 Å². The fourth-order valence-electron chi connectivity index (χ4n) is 2.33. The van der Waals surface area contributed by atoms with Crippen LogP contribution in [0.25, 0.3) is 0 Å². The Kier molecular flexibility index (Phi) is 5.93. The van der Waals surface area contributed by atoms with Gasteiger partial charge in [0.2, 0.25) is 15.9 Å². The number of sulfonamides is 1. The van der Waals surface area contributed by atoms with Crippen molar-refractivity contribution in [3.63, 3.8) is 0 Å². The van der Waals surface area contributed by atoms with Gasteiger partial charge >= 0.3 is 0 Å². The molecule has 1 aromatic carbocycles. The molecule has 0 aliphatic carbocycles. The number of rotatable bonds is 7. The first-order valence-corrected chi connectivity index (χ1v) is 8.90. The lowest BCUT2D eigenvalue weighted by Crippen LogP contribution is -2.31. The number of ether oxygens (including phenoxy) is 1. The van der Waals surface area contributed by atoms with Crippen LogP contribution in [-0.2, 0) is 26.0 Å². The van der Waals surface area contributed by atoms with Crippen molar-refractivity contribution in [2.24, 2.45) is 0 Å². The highest BCUT2D eigenvalue weighted by atomic mass is 32.2. The molecule has 122 valence electrons. The first-order chi connectivity index (χ1) is 10.5. The maximum absolute atomic E-state index is 11.8. The predicted molar refractivity (Wildman–Crippen MR) is 83.0 cm³/mol. The molecular weight excluding hydrogens is 304 g/mol. The van der Waals surface area contributed by atoms with Gasteiger partial charge in [0, 0.05) is 19.6 Å². The summed E-state index contributed by atoms with van der Waals surface area (Å²) in [5.74, 6) is -0.0116. The number of amides is 1. The van der Waals surface area contributed by atoms with E-state index in [9.17, 15) is 13.2 Å². The summed E-state index contributed by atoms with van der Waals surface area (Å²) in [7, 11) is -2.03. The molecule has 6 nitrogen and oxygen atoms in total. The van der Waals surface area contributed by atoms with Gasteiger partial charge in [-0.25, -0.2) is 13.1 Å². The van der Waals surface area contributed by atoms with E-state index in [1.165, 1.54) is 7.05 Å². The van der Waals surface area contributed by atoms with Crippen LogP contribution >= 0.6 is 0 Å². The highest BCUT2D eigenvalue weighted by Gasteiger charge is 2.16. The Morgan fingerprint density at radius 3 is 2.64 bits per heavy atom. The minimum Gasteiger partial charge on any atom is -0.376 e. The van der Waals surface area contributed by atoms with Gasteiger partial charge in [0.1, 0.15) is 0 Å². The predicted octanol–water partition coefficient (Wildman–Crippen LogP) is 0.822. The van der Waals surface area contributed by atoms with Gasteiger partial charge in [-0.15, -0.1) is 0 Å². The van der Waals surface area contributed by atoms with Crippen molar-refractivity contribution in [1.82, 2.24) is 10.0 Å². The van der Waals surface area contributed by atoms with Crippen LogP contribution in [0.15, 0.2) is 29.2 Å². The van der Waals surface area contributed by atoms with E-state index >= 15 is 0 Å². The van der Waals surface area contributed by atoms with E-state index in [4.69, 9.17) is 4.74 Å².